The number of carboxylic acids is 1. The van der Waals surface area contributed by atoms with Crippen molar-refractivity contribution in [2.24, 2.45) is 5.92 Å². The van der Waals surface area contributed by atoms with Crippen LogP contribution in [0.1, 0.15) is 12.8 Å². The van der Waals surface area contributed by atoms with Crippen molar-refractivity contribution >= 4 is 17.1 Å². The normalized spacial score (nSPS) is 17.7. The molecule has 0 saturated heterocycles. The maximum atomic E-state index is 14.9. The summed E-state index contributed by atoms with van der Waals surface area (Å²) in [4.78, 5) is 30.8. The Balaban J connectivity index is 1.32. The Hall–Kier alpha value is -4.08. The van der Waals surface area contributed by atoms with Crippen LogP contribution >= 0.6 is 0 Å². The Kier molecular flexibility index (Phi) is 4.89. The van der Waals surface area contributed by atoms with Crippen LogP contribution in [0.3, 0.4) is 0 Å². The van der Waals surface area contributed by atoms with Gasteiger partial charge < -0.3 is 19.6 Å². The van der Waals surface area contributed by atoms with Gasteiger partial charge in [0.2, 0.25) is 5.88 Å². The van der Waals surface area contributed by atoms with E-state index in [4.69, 9.17) is 14.6 Å². The fourth-order valence-electron chi connectivity index (χ4n) is 3.54. The number of fused-ring (bicyclic) bond motifs is 1. The molecule has 0 atom stereocenters. The van der Waals surface area contributed by atoms with Crippen LogP contribution in [0.4, 0.5) is 4.39 Å². The summed E-state index contributed by atoms with van der Waals surface area (Å²) in [5.74, 6) is -0.846. The van der Waals surface area contributed by atoms with Gasteiger partial charge in [-0.15, -0.1) is 0 Å². The van der Waals surface area contributed by atoms with Crippen LogP contribution in [0.5, 0.6) is 11.9 Å². The van der Waals surface area contributed by atoms with Gasteiger partial charge in [0.1, 0.15) is 17.7 Å². The Morgan fingerprint density at radius 2 is 1.91 bits per heavy atom. The number of aliphatic carboxylic acids is 1. The molecule has 0 amide bonds. The predicted octanol–water partition coefficient (Wildman–Crippen LogP) is 3.47. The lowest BCUT2D eigenvalue weighted by Gasteiger charge is -2.31. The number of rotatable bonds is 6. The fourth-order valence-corrected chi connectivity index (χ4v) is 3.54. The van der Waals surface area contributed by atoms with Crippen molar-refractivity contribution in [3.05, 3.63) is 48.5 Å². The molecule has 3 heterocycles. The molecule has 1 aliphatic rings. The highest BCUT2D eigenvalue weighted by molar-refractivity contribution is 5.77. The molecule has 32 heavy (non-hydrogen) atoms. The summed E-state index contributed by atoms with van der Waals surface area (Å²) in [6, 6.07) is 8.42. The monoisotopic (exact) mass is 435 g/mol. The number of carboxylic acid groups (broad SMARTS) is 1. The van der Waals surface area contributed by atoms with E-state index in [0.29, 0.717) is 52.4 Å². The van der Waals surface area contributed by atoms with Crippen molar-refractivity contribution in [2.75, 3.05) is 7.11 Å². The van der Waals surface area contributed by atoms with E-state index < -0.39 is 11.8 Å². The van der Waals surface area contributed by atoms with E-state index in [9.17, 15) is 9.18 Å². The topological polar surface area (TPSA) is 123 Å². The van der Waals surface area contributed by atoms with Gasteiger partial charge in [-0.05, 0) is 36.6 Å². The van der Waals surface area contributed by atoms with Gasteiger partial charge in [0.05, 0.1) is 24.1 Å². The van der Waals surface area contributed by atoms with Crippen LogP contribution in [0.2, 0.25) is 0 Å². The van der Waals surface area contributed by atoms with Crippen molar-refractivity contribution in [1.82, 2.24) is 24.9 Å². The third-order valence-electron chi connectivity index (χ3n) is 5.43. The maximum Gasteiger partial charge on any atom is 0.316 e. The third kappa shape index (κ3) is 3.70. The summed E-state index contributed by atoms with van der Waals surface area (Å²) in [6.45, 7) is 0. The lowest BCUT2D eigenvalue weighted by atomic mass is 9.82. The van der Waals surface area contributed by atoms with E-state index in [2.05, 4.69) is 24.9 Å². The minimum absolute atomic E-state index is 0.171. The van der Waals surface area contributed by atoms with Crippen LogP contribution in [-0.4, -0.2) is 49.2 Å². The predicted molar refractivity (Wildman–Crippen MR) is 112 cm³/mol. The highest BCUT2D eigenvalue weighted by Crippen LogP contribution is 2.31. The van der Waals surface area contributed by atoms with Crippen LogP contribution in [0.25, 0.3) is 33.7 Å². The number of aromatic amines is 1. The molecular weight excluding hydrogens is 417 g/mol. The van der Waals surface area contributed by atoms with Gasteiger partial charge in [-0.25, -0.2) is 19.3 Å². The number of nitrogens with zero attached hydrogens (tertiary/aromatic N) is 4. The second-order valence-corrected chi connectivity index (χ2v) is 7.51. The molecule has 0 spiro atoms. The first-order chi connectivity index (χ1) is 15.5. The number of imidazole rings is 1. The van der Waals surface area contributed by atoms with Crippen molar-refractivity contribution in [3.63, 3.8) is 0 Å². The highest BCUT2D eigenvalue weighted by atomic mass is 19.1. The van der Waals surface area contributed by atoms with E-state index in [1.807, 2.05) is 0 Å². The van der Waals surface area contributed by atoms with Gasteiger partial charge in [0.15, 0.2) is 5.65 Å². The quantitative estimate of drug-likeness (QED) is 0.472. The minimum atomic E-state index is -0.815. The Morgan fingerprint density at radius 1 is 1.12 bits per heavy atom. The zero-order chi connectivity index (χ0) is 22.2. The Bertz CT molecular complexity index is 1300. The summed E-state index contributed by atoms with van der Waals surface area (Å²) >= 11 is 0. The number of carbonyl (C=O) groups is 1. The molecule has 9 nitrogen and oxygen atoms in total. The zero-order valence-electron chi connectivity index (χ0n) is 16.9. The summed E-state index contributed by atoms with van der Waals surface area (Å²) < 4.78 is 25.6. The largest absolute Gasteiger partial charge is 0.481 e. The molecule has 10 heteroatoms. The van der Waals surface area contributed by atoms with E-state index in [0.717, 1.165) is 0 Å². The van der Waals surface area contributed by atoms with E-state index in [1.54, 1.807) is 36.7 Å². The van der Waals surface area contributed by atoms with Crippen molar-refractivity contribution in [3.8, 4) is 34.4 Å². The second-order valence-electron chi connectivity index (χ2n) is 7.51. The van der Waals surface area contributed by atoms with Crippen molar-refractivity contribution in [2.45, 2.75) is 18.9 Å². The average molecular weight is 435 g/mol. The first-order valence-electron chi connectivity index (χ1n) is 9.92. The first-order valence-corrected chi connectivity index (χ1v) is 9.92. The molecule has 2 N–H and O–H groups in total. The Labute approximate surface area is 181 Å². The first kappa shape index (κ1) is 19.9. The van der Waals surface area contributed by atoms with E-state index in [1.165, 1.54) is 13.2 Å². The molecular formula is C22H18FN5O4. The molecule has 3 aromatic heterocycles. The van der Waals surface area contributed by atoms with Gasteiger partial charge in [0.25, 0.3) is 0 Å². The van der Waals surface area contributed by atoms with Gasteiger partial charge in [-0.3, -0.25) is 4.79 Å². The summed E-state index contributed by atoms with van der Waals surface area (Å²) in [7, 11) is 1.52. The van der Waals surface area contributed by atoms with Crippen molar-refractivity contribution < 1.29 is 23.8 Å². The number of pyridine rings is 1. The number of hydrogen-bond donors (Lipinski definition) is 2. The van der Waals surface area contributed by atoms with Crippen LogP contribution < -0.4 is 9.47 Å². The van der Waals surface area contributed by atoms with Gasteiger partial charge in [-0.2, -0.15) is 4.98 Å². The number of aromatic nitrogens is 5. The summed E-state index contributed by atoms with van der Waals surface area (Å²) in [5, 5.41) is 8.92. The smallest absolute Gasteiger partial charge is 0.316 e. The number of methoxy groups -OCH3 is 1. The number of hydrogen-bond acceptors (Lipinski definition) is 7. The number of benzene rings is 1. The summed E-state index contributed by atoms with van der Waals surface area (Å²) in [6.07, 6.45) is 3.77. The molecule has 0 radical (unpaired) electrons. The number of halogens is 1. The van der Waals surface area contributed by atoms with Crippen LogP contribution in [-0.2, 0) is 4.79 Å². The lowest BCUT2D eigenvalue weighted by Crippen LogP contribution is -2.38. The fraction of sp³-hybridized carbons (Fsp3) is 0.227. The molecule has 162 valence electrons. The van der Waals surface area contributed by atoms with Gasteiger partial charge in [0, 0.05) is 24.0 Å². The molecule has 1 aliphatic carbocycles. The number of nitrogens with one attached hydrogen (secondary N) is 1. The molecule has 4 aromatic rings. The molecule has 1 saturated carbocycles. The maximum absolute atomic E-state index is 14.9. The van der Waals surface area contributed by atoms with E-state index >= 15 is 0 Å². The van der Waals surface area contributed by atoms with Gasteiger partial charge in [-0.1, -0.05) is 6.07 Å². The third-order valence-corrected chi connectivity index (χ3v) is 5.43. The van der Waals surface area contributed by atoms with Crippen LogP contribution in [0.15, 0.2) is 42.7 Å². The standard InChI is InChI=1S/C22H18FN5O4/c1-31-18-5-4-17-20(27-18)28-19(26-17)15-3-2-11(8-16(15)23)13-9-24-22(25-10-13)32-14-6-12(7-14)21(29)30/h2-5,8-10,12,14H,6-7H2,1H3,(H,29,30)(H,26,27,28)/t12-,14+. The van der Waals surface area contributed by atoms with Gasteiger partial charge >= 0.3 is 12.0 Å². The Morgan fingerprint density at radius 3 is 2.59 bits per heavy atom. The zero-order valence-corrected chi connectivity index (χ0v) is 16.9. The molecule has 1 fully saturated rings. The van der Waals surface area contributed by atoms with Crippen LogP contribution in [0, 0.1) is 11.7 Å². The molecule has 0 aliphatic heterocycles. The number of H-pyrrole nitrogens is 1. The minimum Gasteiger partial charge on any atom is -0.481 e. The highest BCUT2D eigenvalue weighted by Gasteiger charge is 2.36. The second kappa shape index (κ2) is 7.88. The van der Waals surface area contributed by atoms with Crippen molar-refractivity contribution in [1.29, 1.82) is 0 Å². The lowest BCUT2D eigenvalue weighted by molar-refractivity contribution is -0.148. The molecule has 1 aromatic carbocycles. The molecule has 0 unspecified atom stereocenters. The average Bonchev–Trinajstić information content (AvgIpc) is 3.18. The SMILES string of the molecule is COc1ccc2[nH]c(-c3ccc(-c4cnc(O[C@H]5C[C@@H](C(=O)O)C5)nc4)cc3F)nc2n1. The van der Waals surface area contributed by atoms with E-state index in [-0.39, 0.29) is 18.0 Å². The number of ether oxygens (including phenoxy) is 2. The summed E-state index contributed by atoms with van der Waals surface area (Å²) in [5.41, 5.74) is 2.64. The molecule has 0 bridgehead atoms. The molecule has 5 rings (SSSR count).